The predicted molar refractivity (Wildman–Crippen MR) is 111 cm³/mol. The van der Waals surface area contributed by atoms with Crippen LogP contribution in [0.5, 0.6) is 0 Å². The first-order chi connectivity index (χ1) is 13.5. The fourth-order valence-electron chi connectivity index (χ4n) is 4.71. The zero-order valence-electron chi connectivity index (χ0n) is 16.9. The van der Waals surface area contributed by atoms with Gasteiger partial charge in [0.2, 0.25) is 5.91 Å². The van der Waals surface area contributed by atoms with Crippen molar-refractivity contribution < 1.29 is 9.53 Å². The highest BCUT2D eigenvalue weighted by atomic mass is 32.1. The lowest BCUT2D eigenvalue weighted by atomic mass is 9.83. The number of fused-ring (bicyclic) bond motifs is 2. The molecule has 1 amide bonds. The molecule has 0 aliphatic carbocycles. The summed E-state index contributed by atoms with van der Waals surface area (Å²) in [5.74, 6) is 0.131. The lowest BCUT2D eigenvalue weighted by Crippen LogP contribution is -2.46. The predicted octanol–water partition coefficient (Wildman–Crippen LogP) is 3.47. The van der Waals surface area contributed by atoms with Crippen LogP contribution >= 0.6 is 11.3 Å². The van der Waals surface area contributed by atoms with E-state index in [-0.39, 0.29) is 23.5 Å². The second-order valence-corrected chi connectivity index (χ2v) is 8.97. The molecule has 0 bridgehead atoms. The van der Waals surface area contributed by atoms with Crippen molar-refractivity contribution in [1.82, 2.24) is 14.8 Å². The van der Waals surface area contributed by atoms with Crippen LogP contribution in [0.4, 0.5) is 0 Å². The molecule has 2 aliphatic rings. The van der Waals surface area contributed by atoms with E-state index in [9.17, 15) is 4.79 Å². The first kappa shape index (κ1) is 19.6. The van der Waals surface area contributed by atoms with Gasteiger partial charge in [0.25, 0.3) is 0 Å². The number of carbonyl (C=O) groups is 1. The third-order valence-electron chi connectivity index (χ3n) is 6.16. The largest absolute Gasteiger partial charge is 0.363 e. The first-order valence-corrected chi connectivity index (χ1v) is 11.0. The molecule has 1 spiro atoms. The molecular weight excluding hydrogens is 370 g/mol. The van der Waals surface area contributed by atoms with Gasteiger partial charge in [-0.2, -0.15) is 0 Å². The summed E-state index contributed by atoms with van der Waals surface area (Å²) in [5.41, 5.74) is 5.40. The lowest BCUT2D eigenvalue weighted by molar-refractivity contribution is -0.134. The van der Waals surface area contributed by atoms with E-state index in [4.69, 9.17) is 4.74 Å². The molecule has 1 aromatic carbocycles. The van der Waals surface area contributed by atoms with Gasteiger partial charge in [0, 0.05) is 45.5 Å². The molecule has 150 valence electrons. The normalized spacial score (nSPS) is 22.2. The van der Waals surface area contributed by atoms with E-state index in [1.807, 2.05) is 25.0 Å². The highest BCUT2D eigenvalue weighted by Gasteiger charge is 2.45. The molecule has 2 aromatic rings. The molecule has 0 saturated carbocycles. The van der Waals surface area contributed by atoms with Crippen LogP contribution in [0.1, 0.15) is 42.7 Å². The van der Waals surface area contributed by atoms with Crippen molar-refractivity contribution in [3.05, 3.63) is 52.0 Å². The van der Waals surface area contributed by atoms with Gasteiger partial charge in [-0.25, -0.2) is 4.98 Å². The van der Waals surface area contributed by atoms with Gasteiger partial charge in [0.05, 0.1) is 28.8 Å². The van der Waals surface area contributed by atoms with E-state index in [0.29, 0.717) is 6.42 Å². The van der Waals surface area contributed by atoms with Gasteiger partial charge >= 0.3 is 0 Å². The van der Waals surface area contributed by atoms with Crippen molar-refractivity contribution in [2.45, 2.75) is 37.9 Å². The van der Waals surface area contributed by atoms with Crippen molar-refractivity contribution in [3.8, 4) is 0 Å². The fourth-order valence-corrected chi connectivity index (χ4v) is 5.28. The summed E-state index contributed by atoms with van der Waals surface area (Å²) in [6.45, 7) is 4.84. The molecule has 28 heavy (non-hydrogen) atoms. The van der Waals surface area contributed by atoms with E-state index >= 15 is 0 Å². The Morgan fingerprint density at radius 2 is 2.11 bits per heavy atom. The smallest absolute Gasteiger partial charge is 0.226 e. The SMILES string of the molecule is CC1OC2(CCN(CC(Cc3cscn3)C(=O)N(C)C)CC2)c2ccccc21. The van der Waals surface area contributed by atoms with Crippen LogP contribution in [-0.2, 0) is 21.6 Å². The van der Waals surface area contributed by atoms with E-state index in [2.05, 4.69) is 41.1 Å². The molecule has 5 nitrogen and oxygen atoms in total. The summed E-state index contributed by atoms with van der Waals surface area (Å²) < 4.78 is 6.47. The van der Waals surface area contributed by atoms with E-state index in [1.165, 1.54) is 11.1 Å². The molecular formula is C22H29N3O2S. The average Bonchev–Trinajstić information content (AvgIpc) is 3.30. The Kier molecular flexibility index (Phi) is 5.54. The van der Waals surface area contributed by atoms with Crippen LogP contribution in [0, 0.1) is 5.92 Å². The zero-order valence-corrected chi connectivity index (χ0v) is 17.7. The molecule has 1 aromatic heterocycles. The van der Waals surface area contributed by atoms with E-state index in [0.717, 1.165) is 38.2 Å². The summed E-state index contributed by atoms with van der Waals surface area (Å²) in [4.78, 5) is 21.3. The van der Waals surface area contributed by atoms with Gasteiger partial charge in [-0.1, -0.05) is 24.3 Å². The minimum Gasteiger partial charge on any atom is -0.363 e. The molecule has 4 rings (SSSR count). The molecule has 1 saturated heterocycles. The minimum atomic E-state index is -0.150. The minimum absolute atomic E-state index is 0.0538. The van der Waals surface area contributed by atoms with Crippen LogP contribution in [0.15, 0.2) is 35.2 Å². The Bertz CT molecular complexity index is 813. The Morgan fingerprint density at radius 1 is 1.36 bits per heavy atom. The van der Waals surface area contributed by atoms with Gasteiger partial charge in [0.15, 0.2) is 0 Å². The number of hydrogen-bond donors (Lipinski definition) is 0. The number of aromatic nitrogens is 1. The van der Waals surface area contributed by atoms with Crippen molar-refractivity contribution in [3.63, 3.8) is 0 Å². The third kappa shape index (κ3) is 3.73. The number of hydrogen-bond acceptors (Lipinski definition) is 5. The summed E-state index contributed by atoms with van der Waals surface area (Å²) >= 11 is 1.59. The molecule has 2 unspecified atom stereocenters. The Labute approximate surface area is 171 Å². The number of ether oxygens (including phenoxy) is 1. The number of benzene rings is 1. The zero-order chi connectivity index (χ0) is 19.7. The summed E-state index contributed by atoms with van der Waals surface area (Å²) in [6.07, 6.45) is 2.83. The first-order valence-electron chi connectivity index (χ1n) is 10.1. The number of rotatable bonds is 5. The summed E-state index contributed by atoms with van der Waals surface area (Å²) in [7, 11) is 3.68. The molecule has 0 radical (unpaired) electrons. The van der Waals surface area contributed by atoms with Gasteiger partial charge < -0.3 is 14.5 Å². The summed E-state index contributed by atoms with van der Waals surface area (Å²) in [6, 6.07) is 8.65. The molecule has 3 heterocycles. The van der Waals surface area contributed by atoms with E-state index in [1.54, 1.807) is 16.2 Å². The third-order valence-corrected chi connectivity index (χ3v) is 6.80. The molecule has 6 heteroatoms. The maximum Gasteiger partial charge on any atom is 0.226 e. The number of likely N-dealkylation sites (tertiary alicyclic amines) is 1. The highest BCUT2D eigenvalue weighted by Crippen LogP contribution is 2.49. The monoisotopic (exact) mass is 399 g/mol. The van der Waals surface area contributed by atoms with Crippen LogP contribution in [0.3, 0.4) is 0 Å². The maximum atomic E-state index is 12.7. The van der Waals surface area contributed by atoms with Gasteiger partial charge in [0.1, 0.15) is 0 Å². The number of piperidine rings is 1. The molecule has 2 atom stereocenters. The molecule has 0 N–H and O–H groups in total. The van der Waals surface area contributed by atoms with Crippen LogP contribution in [0.25, 0.3) is 0 Å². The van der Waals surface area contributed by atoms with Gasteiger partial charge in [-0.3, -0.25) is 4.79 Å². The topological polar surface area (TPSA) is 45.7 Å². The van der Waals surface area contributed by atoms with Crippen LogP contribution in [0.2, 0.25) is 0 Å². The number of nitrogens with zero attached hydrogens (tertiary/aromatic N) is 3. The number of thiazole rings is 1. The Morgan fingerprint density at radius 3 is 2.79 bits per heavy atom. The van der Waals surface area contributed by atoms with Gasteiger partial charge in [-0.15, -0.1) is 11.3 Å². The average molecular weight is 400 g/mol. The van der Waals surface area contributed by atoms with Crippen LogP contribution < -0.4 is 0 Å². The summed E-state index contributed by atoms with van der Waals surface area (Å²) in [5, 5.41) is 2.05. The molecule has 2 aliphatic heterocycles. The quantitative estimate of drug-likeness (QED) is 0.772. The highest BCUT2D eigenvalue weighted by molar-refractivity contribution is 7.07. The second-order valence-electron chi connectivity index (χ2n) is 8.26. The second kappa shape index (κ2) is 7.93. The van der Waals surface area contributed by atoms with Gasteiger partial charge in [-0.05, 0) is 30.9 Å². The maximum absolute atomic E-state index is 12.7. The standard InChI is InChI=1S/C22H29N3O2S/c1-16-19-6-4-5-7-20(19)22(27-16)8-10-25(11-9-22)13-17(21(26)24(2)3)12-18-14-28-15-23-18/h4-7,14-17H,8-13H2,1-3H3. The fraction of sp³-hybridized carbons (Fsp3) is 0.545. The van der Waals surface area contributed by atoms with Crippen molar-refractivity contribution in [1.29, 1.82) is 0 Å². The lowest BCUT2D eigenvalue weighted by Gasteiger charge is -2.40. The number of carbonyl (C=O) groups excluding carboxylic acids is 1. The molecule has 1 fully saturated rings. The van der Waals surface area contributed by atoms with E-state index < -0.39 is 0 Å². The number of amides is 1. The Balaban J connectivity index is 1.43. The Hall–Kier alpha value is -1.76. The van der Waals surface area contributed by atoms with Crippen molar-refractivity contribution >= 4 is 17.2 Å². The van der Waals surface area contributed by atoms with Crippen molar-refractivity contribution in [2.75, 3.05) is 33.7 Å². The van der Waals surface area contributed by atoms with Crippen molar-refractivity contribution in [2.24, 2.45) is 5.92 Å². The van der Waals surface area contributed by atoms with Crippen LogP contribution in [-0.4, -0.2) is 54.4 Å².